The summed E-state index contributed by atoms with van der Waals surface area (Å²) in [5.74, 6) is 0.237. The first-order valence-corrected chi connectivity index (χ1v) is 11.5. The molecule has 3 fully saturated rings. The Hall–Kier alpha value is -2.26. The highest BCUT2D eigenvalue weighted by atomic mass is 19.4. The van der Waals surface area contributed by atoms with Crippen molar-refractivity contribution in [2.45, 2.75) is 87.9 Å². The van der Waals surface area contributed by atoms with Crippen LogP contribution in [0.2, 0.25) is 0 Å². The molecule has 6 nitrogen and oxygen atoms in total. The highest BCUT2D eigenvalue weighted by Crippen LogP contribution is 2.31. The number of rotatable bonds is 6. The van der Waals surface area contributed by atoms with Gasteiger partial charge in [-0.25, -0.2) is 4.98 Å². The molecule has 3 aliphatic rings. The zero-order valence-corrected chi connectivity index (χ0v) is 17.8. The molecule has 3 N–H and O–H groups in total. The Balaban J connectivity index is 1.22. The molecule has 9 heteroatoms. The van der Waals surface area contributed by atoms with E-state index in [4.69, 9.17) is 4.42 Å². The molecule has 0 radical (unpaired) electrons. The summed E-state index contributed by atoms with van der Waals surface area (Å²) in [7, 11) is 0. The van der Waals surface area contributed by atoms with Crippen LogP contribution in [0.15, 0.2) is 34.9 Å². The lowest BCUT2D eigenvalue weighted by Gasteiger charge is -2.39. The normalized spacial score (nSPS) is 30.3. The molecule has 1 saturated carbocycles. The number of hydrogen-bond acceptors (Lipinski definition) is 6. The van der Waals surface area contributed by atoms with E-state index in [9.17, 15) is 13.2 Å². The van der Waals surface area contributed by atoms with E-state index in [1.165, 1.54) is 62.8 Å². The van der Waals surface area contributed by atoms with Gasteiger partial charge in [0.05, 0.1) is 6.20 Å². The van der Waals surface area contributed by atoms with Crippen LogP contribution in [-0.2, 0) is 0 Å². The molecule has 2 unspecified atom stereocenters. The van der Waals surface area contributed by atoms with Gasteiger partial charge in [-0.05, 0) is 62.8 Å². The average Bonchev–Trinajstić information content (AvgIpc) is 3.38. The minimum Gasteiger partial charge on any atom is -0.424 e. The second-order valence-corrected chi connectivity index (χ2v) is 9.14. The Morgan fingerprint density at radius 1 is 0.938 bits per heavy atom. The Bertz CT molecular complexity index is 901. The minimum absolute atomic E-state index is 0.233. The molecule has 32 heavy (non-hydrogen) atoms. The number of anilines is 1. The van der Waals surface area contributed by atoms with Crippen molar-refractivity contribution in [3.8, 4) is 17.1 Å². The smallest absolute Gasteiger partial charge is 0.424 e. The molecule has 5 atom stereocenters. The fourth-order valence-electron chi connectivity index (χ4n) is 5.41. The van der Waals surface area contributed by atoms with Crippen molar-refractivity contribution in [1.82, 2.24) is 15.6 Å². The highest BCUT2D eigenvalue weighted by Gasteiger charge is 2.37. The number of nitrogens with zero attached hydrogens (tertiary/aromatic N) is 1. The topological polar surface area (TPSA) is 71.3 Å². The second-order valence-electron chi connectivity index (χ2n) is 9.14. The SMILES string of the molecule is FC(F)(F)Oc1ccc(-c2cnc(N[C@@H]3CCCC[C@H]3NC3CC[C@H]4CCC3N4)o2)cc1. The number of alkyl halides is 3. The fraction of sp³-hybridized carbons (Fsp3) is 0.609. The number of nitrogens with one attached hydrogen (secondary N) is 3. The maximum atomic E-state index is 12.3. The second kappa shape index (κ2) is 8.94. The number of aromatic nitrogens is 1. The molecular formula is C23H29F3N4O2. The zero-order valence-electron chi connectivity index (χ0n) is 17.8. The number of oxazole rings is 1. The van der Waals surface area contributed by atoms with Crippen molar-refractivity contribution in [2.75, 3.05) is 5.32 Å². The summed E-state index contributed by atoms with van der Waals surface area (Å²) in [5.41, 5.74) is 0.641. The van der Waals surface area contributed by atoms with Gasteiger partial charge in [0.2, 0.25) is 0 Å². The first-order valence-electron chi connectivity index (χ1n) is 11.5. The van der Waals surface area contributed by atoms with E-state index in [0.717, 1.165) is 12.8 Å². The van der Waals surface area contributed by atoms with E-state index in [2.05, 4.69) is 25.7 Å². The summed E-state index contributed by atoms with van der Waals surface area (Å²) in [6, 6.07) is 8.43. The molecule has 1 aromatic heterocycles. The van der Waals surface area contributed by atoms with Crippen LogP contribution < -0.4 is 20.7 Å². The molecule has 2 bridgehead atoms. The van der Waals surface area contributed by atoms with Crippen LogP contribution in [0.25, 0.3) is 11.3 Å². The number of fused-ring (bicyclic) bond motifs is 2. The van der Waals surface area contributed by atoms with Gasteiger partial charge in [-0.15, -0.1) is 13.2 Å². The van der Waals surface area contributed by atoms with Crippen LogP contribution in [0.1, 0.15) is 51.4 Å². The quantitative estimate of drug-likeness (QED) is 0.585. The van der Waals surface area contributed by atoms with E-state index in [0.29, 0.717) is 41.5 Å². The summed E-state index contributed by atoms with van der Waals surface area (Å²) in [4.78, 5) is 4.36. The van der Waals surface area contributed by atoms with Crippen molar-refractivity contribution < 1.29 is 22.3 Å². The lowest BCUT2D eigenvalue weighted by molar-refractivity contribution is -0.274. The summed E-state index contributed by atoms with van der Waals surface area (Å²) in [6.07, 6.45) is 6.45. The molecule has 2 saturated heterocycles. The molecule has 2 aromatic rings. The zero-order chi connectivity index (χ0) is 22.1. The molecular weight excluding hydrogens is 421 g/mol. The maximum absolute atomic E-state index is 12.3. The molecule has 3 heterocycles. The van der Waals surface area contributed by atoms with Crippen LogP contribution in [0, 0.1) is 0 Å². The van der Waals surface area contributed by atoms with Crippen LogP contribution in [-0.4, -0.2) is 41.6 Å². The third-order valence-electron chi connectivity index (χ3n) is 6.97. The van der Waals surface area contributed by atoms with Crippen molar-refractivity contribution >= 4 is 6.01 Å². The third kappa shape index (κ3) is 5.04. The van der Waals surface area contributed by atoms with Gasteiger partial charge < -0.3 is 25.1 Å². The first kappa shape index (κ1) is 21.6. The summed E-state index contributed by atoms with van der Waals surface area (Å²) >= 11 is 0. The van der Waals surface area contributed by atoms with Crippen LogP contribution >= 0.6 is 0 Å². The van der Waals surface area contributed by atoms with Gasteiger partial charge in [-0.2, -0.15) is 0 Å². The Labute approximate surface area is 185 Å². The maximum Gasteiger partial charge on any atom is 0.573 e. The van der Waals surface area contributed by atoms with Crippen molar-refractivity contribution in [2.24, 2.45) is 0 Å². The van der Waals surface area contributed by atoms with E-state index < -0.39 is 6.36 Å². The summed E-state index contributed by atoms with van der Waals surface area (Å²) in [5, 5.41) is 11.1. The Morgan fingerprint density at radius 3 is 2.47 bits per heavy atom. The monoisotopic (exact) mass is 450 g/mol. The minimum atomic E-state index is -4.71. The summed E-state index contributed by atoms with van der Waals surface area (Å²) < 4.78 is 46.8. The number of benzene rings is 1. The largest absolute Gasteiger partial charge is 0.573 e. The average molecular weight is 451 g/mol. The lowest BCUT2D eigenvalue weighted by Crippen LogP contribution is -2.57. The summed E-state index contributed by atoms with van der Waals surface area (Å²) in [6.45, 7) is 0. The van der Waals surface area contributed by atoms with Crippen LogP contribution in [0.4, 0.5) is 19.2 Å². The number of hydrogen-bond donors (Lipinski definition) is 3. The predicted molar refractivity (Wildman–Crippen MR) is 114 cm³/mol. The standard InChI is InChI=1S/C23H29F3N4O2/c24-23(25,26)32-16-9-5-14(6-10-16)21-13-27-22(31-21)30-18-4-2-1-3-17(18)29-20-12-8-15-7-11-19(20)28-15/h5-6,9-10,13,15,17-20,28-29H,1-4,7-8,11-12H2,(H,27,30)/t15-,17-,18-,19?,20?/m1/s1. The Morgan fingerprint density at radius 2 is 1.69 bits per heavy atom. The molecule has 5 rings (SSSR count). The molecule has 174 valence electrons. The van der Waals surface area contributed by atoms with E-state index >= 15 is 0 Å². The van der Waals surface area contributed by atoms with Crippen LogP contribution in [0.5, 0.6) is 5.75 Å². The van der Waals surface area contributed by atoms with Gasteiger partial charge in [-0.1, -0.05) is 12.8 Å². The van der Waals surface area contributed by atoms with Gasteiger partial charge in [-0.3, -0.25) is 0 Å². The van der Waals surface area contributed by atoms with Gasteiger partial charge in [0, 0.05) is 35.8 Å². The van der Waals surface area contributed by atoms with Gasteiger partial charge in [0.1, 0.15) is 5.75 Å². The van der Waals surface area contributed by atoms with E-state index in [1.807, 2.05) is 0 Å². The molecule has 1 aromatic carbocycles. The highest BCUT2D eigenvalue weighted by molar-refractivity contribution is 5.58. The molecule has 1 aliphatic carbocycles. The van der Waals surface area contributed by atoms with Crippen molar-refractivity contribution in [1.29, 1.82) is 0 Å². The van der Waals surface area contributed by atoms with E-state index in [1.54, 1.807) is 6.20 Å². The lowest BCUT2D eigenvalue weighted by atomic mass is 9.88. The third-order valence-corrected chi connectivity index (χ3v) is 6.97. The van der Waals surface area contributed by atoms with Crippen molar-refractivity contribution in [3.05, 3.63) is 30.5 Å². The molecule has 2 aliphatic heterocycles. The number of halogens is 3. The van der Waals surface area contributed by atoms with Gasteiger partial charge in [0.25, 0.3) is 6.01 Å². The van der Waals surface area contributed by atoms with Gasteiger partial charge in [0.15, 0.2) is 5.76 Å². The Kier molecular flexibility index (Phi) is 6.03. The van der Waals surface area contributed by atoms with Crippen molar-refractivity contribution in [3.63, 3.8) is 0 Å². The van der Waals surface area contributed by atoms with Crippen LogP contribution in [0.3, 0.4) is 0 Å². The molecule has 0 spiro atoms. The number of piperidine rings is 1. The van der Waals surface area contributed by atoms with E-state index in [-0.39, 0.29) is 11.8 Å². The van der Waals surface area contributed by atoms with Gasteiger partial charge >= 0.3 is 6.36 Å². The fourth-order valence-corrected chi connectivity index (χ4v) is 5.41. The molecule has 0 amide bonds. The number of ether oxygens (including phenoxy) is 1. The predicted octanol–water partition coefficient (Wildman–Crippen LogP) is 4.84. The first-order chi connectivity index (χ1) is 15.4.